The van der Waals surface area contributed by atoms with E-state index in [1.165, 1.54) is 0 Å². The topological polar surface area (TPSA) is 29.5 Å². The molecule has 15 heavy (non-hydrogen) atoms. The predicted molar refractivity (Wildman–Crippen MR) is 60.7 cm³/mol. The van der Waals surface area contributed by atoms with E-state index in [1.807, 2.05) is 19.1 Å². The van der Waals surface area contributed by atoms with Crippen molar-refractivity contribution in [2.75, 3.05) is 6.54 Å². The molecule has 0 aliphatic carbocycles. The number of rotatable bonds is 6. The van der Waals surface area contributed by atoms with Crippen LogP contribution in [0.2, 0.25) is 0 Å². The van der Waals surface area contributed by atoms with E-state index >= 15 is 0 Å². The van der Waals surface area contributed by atoms with Crippen molar-refractivity contribution >= 4 is 6.09 Å². The minimum atomic E-state index is -0.196. The van der Waals surface area contributed by atoms with Gasteiger partial charge in [0.15, 0.2) is 0 Å². The van der Waals surface area contributed by atoms with E-state index in [0.29, 0.717) is 0 Å². The Balaban J connectivity index is 2.53. The molecular formula is C12H19NO2. The zero-order valence-electron chi connectivity index (χ0n) is 9.32. The normalized spacial score (nSPS) is 25.1. The van der Waals surface area contributed by atoms with Crippen molar-refractivity contribution in [3.63, 3.8) is 0 Å². The summed E-state index contributed by atoms with van der Waals surface area (Å²) in [5.74, 6) is 0. The monoisotopic (exact) mass is 209 g/mol. The van der Waals surface area contributed by atoms with Crippen molar-refractivity contribution in [3.8, 4) is 0 Å². The number of carbonyl (C=O) groups is 1. The number of carbonyl (C=O) groups excluding carboxylic acids is 1. The third-order valence-corrected chi connectivity index (χ3v) is 2.68. The van der Waals surface area contributed by atoms with Crippen LogP contribution in [-0.4, -0.2) is 29.7 Å². The highest BCUT2D eigenvalue weighted by Crippen LogP contribution is 2.22. The van der Waals surface area contributed by atoms with Gasteiger partial charge in [-0.3, -0.25) is 0 Å². The van der Waals surface area contributed by atoms with Gasteiger partial charge < -0.3 is 9.64 Å². The Kier molecular flexibility index (Phi) is 4.40. The summed E-state index contributed by atoms with van der Waals surface area (Å²) in [6.45, 7) is 10.0. The Hall–Kier alpha value is -1.25. The first-order valence-electron chi connectivity index (χ1n) is 5.39. The maximum Gasteiger partial charge on any atom is 0.410 e. The van der Waals surface area contributed by atoms with Gasteiger partial charge in [0.05, 0.1) is 6.04 Å². The molecule has 3 heteroatoms. The first-order chi connectivity index (χ1) is 7.20. The van der Waals surface area contributed by atoms with Crippen molar-refractivity contribution in [3.05, 3.63) is 25.3 Å². The molecule has 0 N–H and O–H groups in total. The summed E-state index contributed by atoms with van der Waals surface area (Å²) in [6, 6.07) is 0.153. The second kappa shape index (κ2) is 5.59. The predicted octanol–water partition coefficient (Wildman–Crippen LogP) is 2.74. The van der Waals surface area contributed by atoms with Gasteiger partial charge >= 0.3 is 6.09 Å². The lowest BCUT2D eigenvalue weighted by Crippen LogP contribution is -2.36. The second-order valence-electron chi connectivity index (χ2n) is 3.80. The third kappa shape index (κ3) is 2.85. The molecule has 1 heterocycles. The summed E-state index contributed by atoms with van der Waals surface area (Å²) in [5, 5.41) is 0. The molecule has 0 aromatic heterocycles. The minimum Gasteiger partial charge on any atom is -0.444 e. The molecule has 0 aromatic carbocycles. The first kappa shape index (κ1) is 11.8. The van der Waals surface area contributed by atoms with Gasteiger partial charge in [-0.15, -0.1) is 13.2 Å². The van der Waals surface area contributed by atoms with Crippen molar-refractivity contribution in [2.24, 2.45) is 0 Å². The first-order valence-corrected chi connectivity index (χ1v) is 5.39. The van der Waals surface area contributed by atoms with Gasteiger partial charge in [0, 0.05) is 6.54 Å². The SMILES string of the molecule is C=CCCCN1C(=O)O[C@H](C)[C@H]1CC=C. The van der Waals surface area contributed by atoms with Crippen LogP contribution < -0.4 is 0 Å². The van der Waals surface area contributed by atoms with Crippen molar-refractivity contribution in [2.45, 2.75) is 38.3 Å². The number of allylic oxidation sites excluding steroid dienone is 1. The van der Waals surface area contributed by atoms with Crippen LogP contribution >= 0.6 is 0 Å². The summed E-state index contributed by atoms with van der Waals surface area (Å²) in [6.07, 6.45) is 6.15. The lowest BCUT2D eigenvalue weighted by Gasteiger charge is -2.21. The highest BCUT2D eigenvalue weighted by molar-refractivity contribution is 5.70. The molecule has 0 saturated carbocycles. The van der Waals surface area contributed by atoms with Crippen LogP contribution in [0.25, 0.3) is 0 Å². The number of nitrogens with zero attached hydrogens (tertiary/aromatic N) is 1. The molecular weight excluding hydrogens is 190 g/mol. The van der Waals surface area contributed by atoms with Crippen molar-refractivity contribution in [1.82, 2.24) is 4.90 Å². The Bertz CT molecular complexity index is 250. The Morgan fingerprint density at radius 1 is 1.47 bits per heavy atom. The van der Waals surface area contributed by atoms with Crippen LogP contribution in [0.1, 0.15) is 26.2 Å². The van der Waals surface area contributed by atoms with Crippen LogP contribution in [0.3, 0.4) is 0 Å². The van der Waals surface area contributed by atoms with Crippen molar-refractivity contribution < 1.29 is 9.53 Å². The maximum atomic E-state index is 11.5. The van der Waals surface area contributed by atoms with Crippen LogP contribution in [-0.2, 0) is 4.74 Å². The lowest BCUT2D eigenvalue weighted by atomic mass is 10.1. The molecule has 0 aromatic rings. The van der Waals surface area contributed by atoms with Crippen LogP contribution in [0.4, 0.5) is 4.79 Å². The van der Waals surface area contributed by atoms with E-state index in [4.69, 9.17) is 4.74 Å². The zero-order chi connectivity index (χ0) is 11.3. The molecule has 0 radical (unpaired) electrons. The number of cyclic esters (lactones) is 1. The third-order valence-electron chi connectivity index (χ3n) is 2.68. The molecule has 0 unspecified atom stereocenters. The molecule has 84 valence electrons. The summed E-state index contributed by atoms with van der Waals surface area (Å²) >= 11 is 0. The molecule has 1 aliphatic rings. The van der Waals surface area contributed by atoms with Gasteiger partial charge in [0.25, 0.3) is 0 Å². The number of hydrogen-bond donors (Lipinski definition) is 0. The Labute approximate surface area is 91.4 Å². The van der Waals surface area contributed by atoms with E-state index in [0.717, 1.165) is 25.8 Å². The summed E-state index contributed by atoms with van der Waals surface area (Å²) in [4.78, 5) is 13.3. The van der Waals surface area contributed by atoms with Gasteiger partial charge in [-0.05, 0) is 26.2 Å². The van der Waals surface area contributed by atoms with E-state index in [2.05, 4.69) is 13.2 Å². The van der Waals surface area contributed by atoms with Crippen LogP contribution in [0.5, 0.6) is 0 Å². The summed E-state index contributed by atoms with van der Waals surface area (Å²) < 4.78 is 5.18. The van der Waals surface area contributed by atoms with E-state index in [1.54, 1.807) is 4.90 Å². The molecule has 3 nitrogen and oxygen atoms in total. The molecule has 1 rings (SSSR count). The maximum absolute atomic E-state index is 11.5. The van der Waals surface area contributed by atoms with E-state index in [-0.39, 0.29) is 18.2 Å². The van der Waals surface area contributed by atoms with Gasteiger partial charge in [0.1, 0.15) is 6.10 Å². The highest BCUT2D eigenvalue weighted by Gasteiger charge is 2.37. The fourth-order valence-corrected chi connectivity index (χ4v) is 1.85. The molecule has 1 fully saturated rings. The average Bonchev–Trinajstić information content (AvgIpc) is 2.45. The van der Waals surface area contributed by atoms with Gasteiger partial charge in [-0.25, -0.2) is 4.79 Å². The van der Waals surface area contributed by atoms with E-state index < -0.39 is 0 Å². The molecule has 1 amide bonds. The van der Waals surface area contributed by atoms with E-state index in [9.17, 15) is 4.79 Å². The minimum absolute atomic E-state index is 0.0285. The second-order valence-corrected chi connectivity index (χ2v) is 3.80. The molecule has 0 bridgehead atoms. The van der Waals surface area contributed by atoms with Gasteiger partial charge in [-0.1, -0.05) is 12.2 Å². The highest BCUT2D eigenvalue weighted by atomic mass is 16.6. The van der Waals surface area contributed by atoms with Crippen molar-refractivity contribution in [1.29, 1.82) is 0 Å². The average molecular weight is 209 g/mol. The standard InChI is InChI=1S/C12H19NO2/c1-4-6-7-9-13-11(8-5-2)10(3)15-12(13)14/h4-5,10-11H,1-2,6-9H2,3H3/t10-,11-/m1/s1. The molecule has 1 saturated heterocycles. The number of ether oxygens (including phenoxy) is 1. The Morgan fingerprint density at radius 3 is 2.80 bits per heavy atom. The fraction of sp³-hybridized carbons (Fsp3) is 0.583. The summed E-state index contributed by atoms with van der Waals surface area (Å²) in [7, 11) is 0. The summed E-state index contributed by atoms with van der Waals surface area (Å²) in [5.41, 5.74) is 0. The smallest absolute Gasteiger partial charge is 0.410 e. The number of amides is 1. The number of hydrogen-bond acceptors (Lipinski definition) is 2. The molecule has 0 spiro atoms. The largest absolute Gasteiger partial charge is 0.444 e. The fourth-order valence-electron chi connectivity index (χ4n) is 1.85. The molecule has 2 atom stereocenters. The van der Waals surface area contributed by atoms with Gasteiger partial charge in [-0.2, -0.15) is 0 Å². The number of unbranched alkanes of at least 4 members (excludes halogenated alkanes) is 1. The zero-order valence-corrected chi connectivity index (χ0v) is 9.32. The van der Waals surface area contributed by atoms with Crippen LogP contribution in [0, 0.1) is 0 Å². The molecule has 1 aliphatic heterocycles. The quantitative estimate of drug-likeness (QED) is 0.497. The van der Waals surface area contributed by atoms with Crippen LogP contribution in [0.15, 0.2) is 25.3 Å². The van der Waals surface area contributed by atoms with Gasteiger partial charge in [0.2, 0.25) is 0 Å². The Morgan fingerprint density at radius 2 is 2.20 bits per heavy atom. The lowest BCUT2D eigenvalue weighted by molar-refractivity contribution is 0.137.